The predicted octanol–water partition coefficient (Wildman–Crippen LogP) is 4.20. The minimum Gasteiger partial charge on any atom is -0.497 e. The molecule has 1 N–H and O–H groups in total. The van der Waals surface area contributed by atoms with Gasteiger partial charge in [0.25, 0.3) is 0 Å². The molecule has 3 aromatic rings. The first-order valence-corrected chi connectivity index (χ1v) is 10.4. The molecule has 0 radical (unpaired) electrons. The first kappa shape index (κ1) is 19.6. The fourth-order valence-corrected chi connectivity index (χ4v) is 3.87. The zero-order valence-electron chi connectivity index (χ0n) is 14.8. The van der Waals surface area contributed by atoms with Crippen molar-refractivity contribution in [2.45, 2.75) is 4.90 Å². The summed E-state index contributed by atoms with van der Waals surface area (Å²) in [5, 5.41) is 4.49. The van der Waals surface area contributed by atoms with Gasteiger partial charge in [0.05, 0.1) is 12.0 Å². The Bertz CT molecular complexity index is 1060. The molecule has 144 valence electrons. The van der Waals surface area contributed by atoms with E-state index in [1.54, 1.807) is 30.7 Å². The fraction of sp³-hybridized carbons (Fsp3) is 0.0526. The molecule has 7 nitrogen and oxygen atoms in total. The lowest BCUT2D eigenvalue weighted by Crippen LogP contribution is -2.08. The molecule has 1 heterocycles. The number of carbonyl (C=O) groups excluding carboxylic acids is 1. The molecule has 0 fully saturated rings. The van der Waals surface area contributed by atoms with Crippen molar-refractivity contribution in [3.8, 4) is 5.75 Å². The Kier molecular flexibility index (Phi) is 6.07. The molecule has 0 aliphatic carbocycles. The number of aromatic nitrogens is 1. The highest BCUT2D eigenvalue weighted by Crippen LogP contribution is 2.29. The number of rotatable bonds is 7. The number of nitrogens with one attached hydrogen (secondary N) is 1. The Morgan fingerprint density at radius 2 is 1.86 bits per heavy atom. The number of hydrogen-bond donors (Lipinski definition) is 1. The Labute approximate surface area is 166 Å². The van der Waals surface area contributed by atoms with E-state index in [1.165, 1.54) is 36.5 Å². The van der Waals surface area contributed by atoms with Crippen molar-refractivity contribution in [2.24, 2.45) is 0 Å². The molecule has 0 atom stereocenters. The van der Waals surface area contributed by atoms with Crippen LogP contribution in [0.15, 0.2) is 71.1 Å². The number of carbonyl (C=O) groups is 1. The fourth-order valence-electron chi connectivity index (χ4n) is 2.20. The SMILES string of the molecule is COc1ccc(C=CC(=O)Nc2ccc(S(=O)(=O)[N-]c3nccs3)cc2)cc1. The monoisotopic (exact) mass is 414 g/mol. The molecule has 0 aliphatic heterocycles. The summed E-state index contributed by atoms with van der Waals surface area (Å²) in [4.78, 5) is 15.9. The number of thiazole rings is 1. The van der Waals surface area contributed by atoms with Gasteiger partial charge in [-0.15, -0.1) is 0 Å². The molecular formula is C19H16N3O4S2-. The van der Waals surface area contributed by atoms with Crippen LogP contribution in [-0.4, -0.2) is 26.4 Å². The van der Waals surface area contributed by atoms with E-state index in [2.05, 4.69) is 15.0 Å². The van der Waals surface area contributed by atoms with Crippen LogP contribution in [0.25, 0.3) is 10.8 Å². The number of nitrogens with zero attached hydrogens (tertiary/aromatic N) is 2. The minimum atomic E-state index is -3.84. The first-order valence-electron chi connectivity index (χ1n) is 8.07. The van der Waals surface area contributed by atoms with Crippen LogP contribution in [0.4, 0.5) is 10.8 Å². The van der Waals surface area contributed by atoms with Gasteiger partial charge in [-0.1, -0.05) is 18.3 Å². The Balaban J connectivity index is 1.61. The van der Waals surface area contributed by atoms with Crippen molar-refractivity contribution in [3.05, 3.63) is 76.5 Å². The van der Waals surface area contributed by atoms with Crippen molar-refractivity contribution in [1.29, 1.82) is 0 Å². The highest BCUT2D eigenvalue weighted by atomic mass is 32.2. The summed E-state index contributed by atoms with van der Waals surface area (Å²) < 4.78 is 33.2. The maximum absolute atomic E-state index is 12.2. The average Bonchev–Trinajstić information content (AvgIpc) is 3.19. The number of hydrogen-bond acceptors (Lipinski definition) is 6. The number of ether oxygens (including phenoxy) is 1. The van der Waals surface area contributed by atoms with E-state index in [-0.39, 0.29) is 15.9 Å². The van der Waals surface area contributed by atoms with E-state index in [0.29, 0.717) is 5.69 Å². The second-order valence-corrected chi connectivity index (χ2v) is 7.98. The molecule has 2 aromatic carbocycles. The molecule has 0 aliphatic rings. The quantitative estimate of drug-likeness (QED) is 0.584. The van der Waals surface area contributed by atoms with E-state index in [0.717, 1.165) is 22.6 Å². The Morgan fingerprint density at radius 3 is 2.46 bits per heavy atom. The van der Waals surface area contributed by atoms with E-state index < -0.39 is 10.0 Å². The van der Waals surface area contributed by atoms with Crippen molar-refractivity contribution in [3.63, 3.8) is 0 Å². The van der Waals surface area contributed by atoms with E-state index >= 15 is 0 Å². The molecule has 9 heteroatoms. The van der Waals surface area contributed by atoms with Gasteiger partial charge in [0.15, 0.2) is 0 Å². The van der Waals surface area contributed by atoms with Crippen LogP contribution in [-0.2, 0) is 14.8 Å². The van der Waals surface area contributed by atoms with E-state index in [4.69, 9.17) is 4.74 Å². The lowest BCUT2D eigenvalue weighted by Gasteiger charge is -2.12. The van der Waals surface area contributed by atoms with Gasteiger partial charge in [0, 0.05) is 16.9 Å². The van der Waals surface area contributed by atoms with E-state index in [1.807, 2.05) is 12.1 Å². The summed E-state index contributed by atoms with van der Waals surface area (Å²) in [5.41, 5.74) is 1.32. The summed E-state index contributed by atoms with van der Waals surface area (Å²) in [7, 11) is -2.26. The topological polar surface area (TPSA) is 99.5 Å². The lowest BCUT2D eigenvalue weighted by molar-refractivity contribution is -0.111. The maximum atomic E-state index is 12.2. The molecule has 0 saturated carbocycles. The molecule has 0 saturated heterocycles. The summed E-state index contributed by atoms with van der Waals surface area (Å²) in [5.74, 6) is 0.400. The smallest absolute Gasteiger partial charge is 0.248 e. The number of sulfonamides is 1. The lowest BCUT2D eigenvalue weighted by atomic mass is 10.2. The number of methoxy groups -OCH3 is 1. The molecule has 0 unspecified atom stereocenters. The Morgan fingerprint density at radius 1 is 1.14 bits per heavy atom. The van der Waals surface area contributed by atoms with Gasteiger partial charge in [-0.05, 0) is 53.4 Å². The third kappa shape index (κ3) is 5.18. The van der Waals surface area contributed by atoms with Crippen molar-refractivity contribution >= 4 is 44.2 Å². The molecule has 0 bridgehead atoms. The van der Waals surface area contributed by atoms with E-state index in [9.17, 15) is 13.2 Å². The van der Waals surface area contributed by atoms with Crippen LogP contribution in [0.3, 0.4) is 0 Å². The number of amides is 1. The zero-order chi connectivity index (χ0) is 20.0. The maximum Gasteiger partial charge on any atom is 0.248 e. The van der Waals surface area contributed by atoms with Crippen LogP contribution < -0.4 is 10.1 Å². The highest BCUT2D eigenvalue weighted by Gasteiger charge is 2.10. The van der Waals surface area contributed by atoms with Gasteiger partial charge in [0.2, 0.25) is 15.9 Å². The summed E-state index contributed by atoms with van der Waals surface area (Å²) in [6.07, 6.45) is 4.54. The van der Waals surface area contributed by atoms with Gasteiger partial charge >= 0.3 is 0 Å². The molecule has 1 aromatic heterocycles. The minimum absolute atomic E-state index is 0.0227. The molecule has 1 amide bonds. The van der Waals surface area contributed by atoms with Crippen LogP contribution in [0.2, 0.25) is 0 Å². The van der Waals surface area contributed by atoms with Crippen LogP contribution in [0.1, 0.15) is 5.56 Å². The normalized spacial score (nSPS) is 11.3. The van der Waals surface area contributed by atoms with Gasteiger partial charge < -0.3 is 19.8 Å². The average molecular weight is 414 g/mol. The molecule has 28 heavy (non-hydrogen) atoms. The third-order valence-electron chi connectivity index (χ3n) is 3.58. The molecular weight excluding hydrogens is 398 g/mol. The first-order chi connectivity index (χ1) is 13.5. The van der Waals surface area contributed by atoms with Gasteiger partial charge in [-0.3, -0.25) is 4.79 Å². The number of anilines is 1. The zero-order valence-corrected chi connectivity index (χ0v) is 16.4. The Hall–Kier alpha value is -3.17. The molecule has 3 rings (SSSR count). The summed E-state index contributed by atoms with van der Waals surface area (Å²) >= 11 is 1.13. The second kappa shape index (κ2) is 8.68. The van der Waals surface area contributed by atoms with Crippen molar-refractivity contribution in [1.82, 2.24) is 4.98 Å². The second-order valence-electron chi connectivity index (χ2n) is 5.50. The predicted molar refractivity (Wildman–Crippen MR) is 109 cm³/mol. The standard InChI is InChI=1S/C19H17N3O4S2/c1-26-16-7-2-14(3-8-16)4-11-18(23)21-15-5-9-17(10-6-15)28(24,25)22-19-20-12-13-27-19/h2-13H,1H3,(H2,20,21,22,23)/p-1. The van der Waals surface area contributed by atoms with Gasteiger partial charge in [-0.2, -0.15) is 11.3 Å². The highest BCUT2D eigenvalue weighted by molar-refractivity contribution is 7.94. The van der Waals surface area contributed by atoms with Gasteiger partial charge in [0.1, 0.15) is 5.75 Å². The van der Waals surface area contributed by atoms with Crippen LogP contribution >= 0.6 is 11.3 Å². The third-order valence-corrected chi connectivity index (χ3v) is 5.64. The van der Waals surface area contributed by atoms with Crippen LogP contribution in [0.5, 0.6) is 5.75 Å². The number of benzene rings is 2. The summed E-state index contributed by atoms with van der Waals surface area (Å²) in [6.45, 7) is 0. The summed E-state index contributed by atoms with van der Waals surface area (Å²) in [6, 6.07) is 13.0. The molecule has 0 spiro atoms. The van der Waals surface area contributed by atoms with Crippen LogP contribution in [0, 0.1) is 0 Å². The van der Waals surface area contributed by atoms with Crippen molar-refractivity contribution in [2.75, 3.05) is 12.4 Å². The van der Waals surface area contributed by atoms with Crippen molar-refractivity contribution < 1.29 is 17.9 Å². The largest absolute Gasteiger partial charge is 0.497 e. The van der Waals surface area contributed by atoms with Gasteiger partial charge in [-0.25, -0.2) is 8.42 Å².